The Morgan fingerprint density at radius 2 is 2.10 bits per heavy atom. The van der Waals surface area contributed by atoms with Crippen molar-refractivity contribution in [3.63, 3.8) is 0 Å². The van der Waals surface area contributed by atoms with Crippen LogP contribution in [-0.4, -0.2) is 15.6 Å². The highest BCUT2D eigenvalue weighted by Gasteiger charge is 2.17. The van der Waals surface area contributed by atoms with Crippen molar-refractivity contribution in [1.29, 1.82) is 0 Å². The third-order valence-corrected chi connectivity index (χ3v) is 4.02. The van der Waals surface area contributed by atoms with E-state index in [0.717, 1.165) is 30.5 Å². The smallest absolute Gasteiger partial charge is 0.147 e. The zero-order valence-corrected chi connectivity index (χ0v) is 12.7. The van der Waals surface area contributed by atoms with Crippen LogP contribution >= 0.6 is 0 Å². The van der Waals surface area contributed by atoms with Gasteiger partial charge in [-0.15, -0.1) is 0 Å². The maximum atomic E-state index is 14.4. The van der Waals surface area contributed by atoms with E-state index >= 15 is 0 Å². The van der Waals surface area contributed by atoms with Crippen molar-refractivity contribution in [2.45, 2.75) is 52.1 Å². The van der Waals surface area contributed by atoms with Crippen LogP contribution in [0.1, 0.15) is 43.6 Å². The first-order chi connectivity index (χ1) is 10.1. The highest BCUT2D eigenvalue weighted by atomic mass is 19.1. The number of halogens is 1. The minimum Gasteiger partial charge on any atom is -0.310 e. The lowest BCUT2D eigenvalue weighted by atomic mass is 10.0. The summed E-state index contributed by atoms with van der Waals surface area (Å²) in [5.74, 6) is -0.177. The number of nitrogens with zero attached hydrogens (tertiary/aromatic N) is 2. The third kappa shape index (κ3) is 3.00. The van der Waals surface area contributed by atoms with Crippen LogP contribution in [0, 0.1) is 5.82 Å². The normalized spacial score (nSPS) is 14.5. The van der Waals surface area contributed by atoms with Crippen molar-refractivity contribution in [3.05, 3.63) is 47.3 Å². The minimum atomic E-state index is -0.177. The predicted octanol–water partition coefficient (Wildman–Crippen LogP) is 3.39. The maximum Gasteiger partial charge on any atom is 0.147 e. The zero-order chi connectivity index (χ0) is 14.8. The lowest BCUT2D eigenvalue weighted by molar-refractivity contribution is 0.578. The zero-order valence-electron chi connectivity index (χ0n) is 12.7. The molecule has 2 aromatic rings. The number of aromatic nitrogens is 2. The van der Waals surface area contributed by atoms with Gasteiger partial charge < -0.3 is 9.88 Å². The fourth-order valence-corrected chi connectivity index (χ4v) is 2.85. The molecule has 0 saturated carbocycles. The molecule has 3 rings (SSSR count). The monoisotopic (exact) mass is 287 g/mol. The Kier molecular flexibility index (Phi) is 4.06. The largest absolute Gasteiger partial charge is 0.310 e. The molecule has 1 heterocycles. The molecular formula is C17H22FN3. The Bertz CT molecular complexity index is 631. The Morgan fingerprint density at radius 1 is 1.29 bits per heavy atom. The molecule has 0 bridgehead atoms. The first-order valence-corrected chi connectivity index (χ1v) is 7.72. The van der Waals surface area contributed by atoms with Crippen molar-refractivity contribution in [2.75, 3.05) is 0 Å². The molecule has 1 aliphatic rings. The first kappa shape index (κ1) is 14.3. The van der Waals surface area contributed by atoms with Crippen molar-refractivity contribution in [1.82, 2.24) is 14.9 Å². The van der Waals surface area contributed by atoms with E-state index in [1.165, 1.54) is 12.1 Å². The van der Waals surface area contributed by atoms with Gasteiger partial charge in [-0.25, -0.2) is 9.37 Å². The SMILES string of the molecule is CC(C)NCc1ccc(-n2cnc3c2CCCC3)c(F)c1. The van der Waals surface area contributed by atoms with Crippen LogP contribution in [0.15, 0.2) is 24.5 Å². The Hall–Kier alpha value is -1.68. The molecule has 3 nitrogen and oxygen atoms in total. The molecule has 21 heavy (non-hydrogen) atoms. The van der Waals surface area contributed by atoms with Crippen LogP contribution < -0.4 is 5.32 Å². The number of aryl methyl sites for hydroxylation is 1. The van der Waals surface area contributed by atoms with E-state index in [9.17, 15) is 4.39 Å². The first-order valence-electron chi connectivity index (χ1n) is 7.72. The molecule has 0 atom stereocenters. The molecule has 0 unspecified atom stereocenters. The molecule has 0 radical (unpaired) electrons. The van der Waals surface area contributed by atoms with Gasteiger partial charge in [0, 0.05) is 18.3 Å². The number of imidazole rings is 1. The van der Waals surface area contributed by atoms with E-state index in [0.29, 0.717) is 18.3 Å². The Morgan fingerprint density at radius 3 is 2.86 bits per heavy atom. The quantitative estimate of drug-likeness (QED) is 0.934. The van der Waals surface area contributed by atoms with E-state index in [2.05, 4.69) is 24.1 Å². The summed E-state index contributed by atoms with van der Waals surface area (Å²) in [7, 11) is 0. The van der Waals surface area contributed by atoms with E-state index in [4.69, 9.17) is 0 Å². The average Bonchev–Trinajstić information content (AvgIpc) is 2.89. The summed E-state index contributed by atoms with van der Waals surface area (Å²) in [6.45, 7) is 4.86. The van der Waals surface area contributed by atoms with Gasteiger partial charge >= 0.3 is 0 Å². The second-order valence-corrected chi connectivity index (χ2v) is 6.04. The highest BCUT2D eigenvalue weighted by Crippen LogP contribution is 2.24. The summed E-state index contributed by atoms with van der Waals surface area (Å²) in [6.07, 6.45) is 6.12. The lowest BCUT2D eigenvalue weighted by Gasteiger charge is -2.15. The van der Waals surface area contributed by atoms with Gasteiger partial charge in [0.05, 0.1) is 17.7 Å². The lowest BCUT2D eigenvalue weighted by Crippen LogP contribution is -2.21. The molecule has 1 aromatic carbocycles. The topological polar surface area (TPSA) is 29.9 Å². The number of benzene rings is 1. The van der Waals surface area contributed by atoms with Gasteiger partial charge in [0.15, 0.2) is 0 Å². The van der Waals surface area contributed by atoms with Crippen molar-refractivity contribution in [3.8, 4) is 5.69 Å². The van der Waals surface area contributed by atoms with E-state index in [1.807, 2.05) is 16.7 Å². The molecule has 0 amide bonds. The number of fused-ring (bicyclic) bond motifs is 1. The molecule has 1 aromatic heterocycles. The summed E-state index contributed by atoms with van der Waals surface area (Å²) in [4.78, 5) is 4.44. The Balaban J connectivity index is 1.87. The van der Waals surface area contributed by atoms with Crippen molar-refractivity contribution >= 4 is 0 Å². The van der Waals surface area contributed by atoms with Crippen molar-refractivity contribution < 1.29 is 4.39 Å². The van der Waals surface area contributed by atoms with Crippen LogP contribution in [0.2, 0.25) is 0 Å². The van der Waals surface area contributed by atoms with E-state index in [1.54, 1.807) is 12.4 Å². The number of nitrogens with one attached hydrogen (secondary N) is 1. The molecule has 1 N–H and O–H groups in total. The predicted molar refractivity (Wildman–Crippen MR) is 82.1 cm³/mol. The molecular weight excluding hydrogens is 265 g/mol. The molecule has 0 fully saturated rings. The van der Waals surface area contributed by atoms with E-state index < -0.39 is 0 Å². The molecule has 0 aliphatic heterocycles. The minimum absolute atomic E-state index is 0.177. The fourth-order valence-electron chi connectivity index (χ4n) is 2.85. The summed E-state index contributed by atoms with van der Waals surface area (Å²) in [6, 6.07) is 5.88. The van der Waals surface area contributed by atoms with Gasteiger partial charge in [-0.2, -0.15) is 0 Å². The fraction of sp³-hybridized carbons (Fsp3) is 0.471. The van der Waals surface area contributed by atoms with Crippen LogP contribution in [0.5, 0.6) is 0 Å². The van der Waals surface area contributed by atoms with Crippen LogP contribution in [0.4, 0.5) is 4.39 Å². The van der Waals surface area contributed by atoms with E-state index in [-0.39, 0.29) is 5.82 Å². The van der Waals surface area contributed by atoms with Crippen LogP contribution in [0.25, 0.3) is 5.69 Å². The number of rotatable bonds is 4. The van der Waals surface area contributed by atoms with Gasteiger partial charge in [0.2, 0.25) is 0 Å². The molecule has 4 heteroatoms. The molecule has 0 saturated heterocycles. The third-order valence-electron chi connectivity index (χ3n) is 4.02. The summed E-state index contributed by atoms with van der Waals surface area (Å²) in [5.41, 5.74) is 3.89. The highest BCUT2D eigenvalue weighted by molar-refractivity contribution is 5.39. The van der Waals surface area contributed by atoms with Gasteiger partial charge in [-0.05, 0) is 43.4 Å². The maximum absolute atomic E-state index is 14.4. The summed E-state index contributed by atoms with van der Waals surface area (Å²) >= 11 is 0. The standard InChI is InChI=1S/C17H22FN3/c1-12(2)19-10-13-7-8-16(14(18)9-13)21-11-20-15-5-3-4-6-17(15)21/h7-9,11-12,19H,3-6,10H2,1-2H3. The summed E-state index contributed by atoms with van der Waals surface area (Å²) in [5, 5.41) is 3.31. The Labute approximate surface area is 125 Å². The summed E-state index contributed by atoms with van der Waals surface area (Å²) < 4.78 is 16.4. The second-order valence-electron chi connectivity index (χ2n) is 6.04. The second kappa shape index (κ2) is 5.98. The molecule has 112 valence electrons. The van der Waals surface area contributed by atoms with Gasteiger partial charge in [0.25, 0.3) is 0 Å². The molecule has 0 spiro atoms. The van der Waals surface area contributed by atoms with Crippen molar-refractivity contribution in [2.24, 2.45) is 0 Å². The average molecular weight is 287 g/mol. The van der Waals surface area contributed by atoms with Gasteiger partial charge in [-0.1, -0.05) is 19.9 Å². The number of hydrogen-bond acceptors (Lipinski definition) is 2. The van der Waals surface area contributed by atoms with Gasteiger partial charge in [-0.3, -0.25) is 0 Å². The van der Waals surface area contributed by atoms with Crippen LogP contribution in [0.3, 0.4) is 0 Å². The van der Waals surface area contributed by atoms with Gasteiger partial charge in [0.1, 0.15) is 5.82 Å². The molecule has 1 aliphatic carbocycles. The number of hydrogen-bond donors (Lipinski definition) is 1. The van der Waals surface area contributed by atoms with Crippen LogP contribution in [-0.2, 0) is 19.4 Å².